The highest BCUT2D eigenvalue weighted by Gasteiger charge is 2.31. The van der Waals surface area contributed by atoms with Gasteiger partial charge in [-0.1, -0.05) is 20.8 Å². The second kappa shape index (κ2) is 8.81. The Morgan fingerprint density at radius 2 is 2.00 bits per heavy atom. The minimum atomic E-state index is -1.44. The van der Waals surface area contributed by atoms with Crippen molar-refractivity contribution >= 4 is 20.9 Å². The fourth-order valence-corrected chi connectivity index (χ4v) is 5.66. The molecule has 0 saturated heterocycles. The molecule has 0 unspecified atom stereocenters. The molecule has 0 radical (unpaired) electrons. The van der Waals surface area contributed by atoms with E-state index in [9.17, 15) is 5.02 Å². The van der Waals surface area contributed by atoms with Crippen LogP contribution in [0.5, 0.6) is 0 Å². The first-order valence-corrected chi connectivity index (χ1v) is 9.88. The third kappa shape index (κ3) is 4.55. The molecule has 6 nitrogen and oxygen atoms in total. The van der Waals surface area contributed by atoms with E-state index in [-0.39, 0.29) is 0 Å². The number of aromatic nitrogens is 4. The summed E-state index contributed by atoms with van der Waals surface area (Å²) in [7, 11) is -0.868. The van der Waals surface area contributed by atoms with Gasteiger partial charge in [0.25, 0.3) is 0 Å². The lowest BCUT2D eigenvalue weighted by Crippen LogP contribution is -2.41. The van der Waals surface area contributed by atoms with Crippen molar-refractivity contribution in [2.75, 3.05) is 7.11 Å². The molecule has 2 aromatic rings. The van der Waals surface area contributed by atoms with Gasteiger partial charge in [-0.3, -0.25) is 0 Å². The predicted octanol–water partition coefficient (Wildman–Crippen LogP) is 1.48. The predicted molar refractivity (Wildman–Crippen MR) is 88.0 cm³/mol. The number of imidazole rings is 2. The topological polar surface area (TPSA) is 76.0 Å². The Hall–Kier alpha value is -1.38. The van der Waals surface area contributed by atoms with E-state index in [1.54, 1.807) is 18.7 Å². The Kier molecular flexibility index (Phi) is 7.41. The van der Waals surface area contributed by atoms with Gasteiger partial charge in [-0.2, -0.15) is 0 Å². The summed E-state index contributed by atoms with van der Waals surface area (Å²) < 4.78 is 7.10. The monoisotopic (exact) mass is 308 g/mol. The molecule has 2 heterocycles. The van der Waals surface area contributed by atoms with Gasteiger partial charge in [-0.25, -0.2) is 9.97 Å². The summed E-state index contributed by atoms with van der Waals surface area (Å²) in [4.78, 5) is 10.6. The maximum atomic E-state index is 9.54. The second-order valence-corrected chi connectivity index (χ2v) is 9.93. The summed E-state index contributed by atoms with van der Waals surface area (Å²) >= 11 is 0. The average Bonchev–Trinajstić information content (AvgIpc) is 3.23. The largest absolute Gasteiger partial charge is 0.512 e. The summed E-state index contributed by atoms with van der Waals surface area (Å²) in [5.41, 5.74) is 0.606. The van der Waals surface area contributed by atoms with E-state index in [0.29, 0.717) is 5.59 Å². The Labute approximate surface area is 127 Å². The van der Waals surface area contributed by atoms with Crippen LogP contribution in [0.4, 0.5) is 0 Å². The van der Waals surface area contributed by atoms with Crippen LogP contribution in [0, 0.1) is 0 Å². The molecule has 0 aliphatic heterocycles. The molecule has 0 aromatic carbocycles. The standard InChI is InChI=1S/C10H21BN2O2Si.C3H4N2/c1-5-16(6-2,7-3)13-8-10(12-9-13)11(14)15-4;1-2-5-3-4-1/h8-9,14H,5-7H2,1-4H3;1-3H,(H,4,5). The normalized spacial score (nSPS) is 10.9. The van der Waals surface area contributed by atoms with E-state index >= 15 is 0 Å². The van der Waals surface area contributed by atoms with E-state index in [2.05, 4.69) is 40.0 Å². The minimum Gasteiger partial charge on any atom is -0.422 e. The van der Waals surface area contributed by atoms with Gasteiger partial charge in [0.1, 0.15) is 0 Å². The quantitative estimate of drug-likeness (QED) is 0.793. The number of rotatable bonds is 6. The summed E-state index contributed by atoms with van der Waals surface area (Å²) in [5.74, 6) is 0. The summed E-state index contributed by atoms with van der Waals surface area (Å²) in [6.07, 6.45) is 8.87. The molecule has 0 aliphatic rings. The number of nitrogens with one attached hydrogen (secondary N) is 1. The van der Waals surface area contributed by atoms with Crippen LogP contribution in [-0.2, 0) is 4.65 Å². The molecule has 116 valence electrons. The number of H-pyrrole nitrogens is 1. The van der Waals surface area contributed by atoms with Crippen LogP contribution in [0.3, 0.4) is 0 Å². The minimum absolute atomic E-state index is 0.606. The fraction of sp³-hybridized carbons (Fsp3) is 0.538. The second-order valence-electron chi connectivity index (χ2n) is 4.84. The van der Waals surface area contributed by atoms with Crippen molar-refractivity contribution in [2.24, 2.45) is 0 Å². The molecule has 0 atom stereocenters. The van der Waals surface area contributed by atoms with Gasteiger partial charge in [-0.05, 0) is 18.1 Å². The lowest BCUT2D eigenvalue weighted by atomic mass is 9.87. The molecular formula is C13H25BN4O2Si. The zero-order valence-electron chi connectivity index (χ0n) is 13.3. The van der Waals surface area contributed by atoms with Gasteiger partial charge in [0.15, 0.2) is 8.24 Å². The zero-order chi connectivity index (χ0) is 15.7. The van der Waals surface area contributed by atoms with E-state index in [1.165, 1.54) is 25.2 Å². The Balaban J connectivity index is 0.000000369. The number of hydrogen-bond acceptors (Lipinski definition) is 4. The fourth-order valence-electron chi connectivity index (χ4n) is 2.36. The third-order valence-corrected chi connectivity index (χ3v) is 9.30. The Morgan fingerprint density at radius 3 is 2.38 bits per heavy atom. The molecule has 2 aromatic heterocycles. The van der Waals surface area contributed by atoms with Crippen LogP contribution < -0.4 is 5.59 Å². The van der Waals surface area contributed by atoms with Gasteiger partial charge in [0, 0.05) is 25.7 Å². The van der Waals surface area contributed by atoms with Crippen molar-refractivity contribution in [3.63, 3.8) is 0 Å². The average molecular weight is 308 g/mol. The number of nitrogens with zero attached hydrogens (tertiary/aromatic N) is 3. The van der Waals surface area contributed by atoms with Gasteiger partial charge in [0.05, 0.1) is 18.2 Å². The van der Waals surface area contributed by atoms with Crippen LogP contribution in [0.2, 0.25) is 18.1 Å². The van der Waals surface area contributed by atoms with E-state index in [4.69, 9.17) is 4.65 Å². The van der Waals surface area contributed by atoms with E-state index < -0.39 is 15.4 Å². The molecule has 0 amide bonds. The van der Waals surface area contributed by atoms with Crippen molar-refractivity contribution in [3.8, 4) is 0 Å². The van der Waals surface area contributed by atoms with E-state index in [0.717, 1.165) is 0 Å². The summed E-state index contributed by atoms with van der Waals surface area (Å²) in [5, 5.41) is 9.54. The Morgan fingerprint density at radius 1 is 1.33 bits per heavy atom. The summed E-state index contributed by atoms with van der Waals surface area (Å²) in [6.45, 7) is 6.73. The van der Waals surface area contributed by atoms with Crippen molar-refractivity contribution in [1.29, 1.82) is 0 Å². The highest BCUT2D eigenvalue weighted by atomic mass is 28.3. The maximum absolute atomic E-state index is 9.54. The van der Waals surface area contributed by atoms with Crippen LogP contribution in [0.15, 0.2) is 31.2 Å². The van der Waals surface area contributed by atoms with Gasteiger partial charge < -0.3 is 18.9 Å². The smallest absolute Gasteiger partial charge is 0.422 e. The molecule has 2 rings (SSSR count). The first kappa shape index (κ1) is 17.7. The lowest BCUT2D eigenvalue weighted by Gasteiger charge is -2.29. The first-order chi connectivity index (χ1) is 10.1. The molecule has 0 aliphatic carbocycles. The summed E-state index contributed by atoms with van der Waals surface area (Å²) in [6, 6.07) is 3.58. The number of hydrogen-bond donors (Lipinski definition) is 2. The SMILES string of the molecule is CC[Si](CC)(CC)n1cnc(B(O)OC)c1.c1c[nH]cn1. The van der Waals surface area contributed by atoms with Crippen LogP contribution >= 0.6 is 0 Å². The van der Waals surface area contributed by atoms with Crippen molar-refractivity contribution < 1.29 is 9.68 Å². The highest BCUT2D eigenvalue weighted by molar-refractivity contribution is 6.78. The molecule has 0 saturated carbocycles. The molecule has 0 fully saturated rings. The molecule has 8 heteroatoms. The molecule has 0 spiro atoms. The Bertz CT molecular complexity index is 463. The molecule has 0 bridgehead atoms. The van der Waals surface area contributed by atoms with Crippen molar-refractivity contribution in [3.05, 3.63) is 31.2 Å². The third-order valence-electron chi connectivity index (χ3n) is 4.01. The lowest BCUT2D eigenvalue weighted by molar-refractivity contribution is 0.340. The van der Waals surface area contributed by atoms with Crippen LogP contribution in [0.25, 0.3) is 0 Å². The van der Waals surface area contributed by atoms with Gasteiger partial charge >= 0.3 is 7.12 Å². The van der Waals surface area contributed by atoms with Crippen LogP contribution in [-0.4, -0.2) is 46.7 Å². The van der Waals surface area contributed by atoms with Crippen molar-refractivity contribution in [1.82, 2.24) is 19.2 Å². The van der Waals surface area contributed by atoms with Gasteiger partial charge in [0.2, 0.25) is 0 Å². The first-order valence-electron chi connectivity index (χ1n) is 7.31. The highest BCUT2D eigenvalue weighted by Crippen LogP contribution is 2.21. The maximum Gasteiger partial charge on any atom is 0.512 e. The van der Waals surface area contributed by atoms with Crippen LogP contribution in [0.1, 0.15) is 20.8 Å². The van der Waals surface area contributed by atoms with Gasteiger partial charge in [-0.15, -0.1) is 0 Å². The van der Waals surface area contributed by atoms with Crippen molar-refractivity contribution in [2.45, 2.75) is 38.9 Å². The number of aromatic amines is 1. The molecule has 21 heavy (non-hydrogen) atoms. The van der Waals surface area contributed by atoms with E-state index in [1.807, 2.05) is 12.5 Å². The molecule has 2 N–H and O–H groups in total. The zero-order valence-corrected chi connectivity index (χ0v) is 14.3. The molecular weight excluding hydrogens is 283 g/mol.